The molecule has 0 unspecified atom stereocenters. The standard InChI is InChI=1S/C19H15F3N2S/c20-19(21,22)15-8-6-14(7-9-15)18-16-10-5-13(4-2-1-3-11-23)12-17(16)25-24-18/h5-10,12H,1,3,11,23H2. The summed E-state index contributed by atoms with van der Waals surface area (Å²) in [5, 5.41) is 0.914. The summed E-state index contributed by atoms with van der Waals surface area (Å²) >= 11 is 1.32. The van der Waals surface area contributed by atoms with Crippen molar-refractivity contribution in [2.45, 2.75) is 19.0 Å². The Morgan fingerprint density at radius 2 is 1.84 bits per heavy atom. The number of fused-ring (bicyclic) bond motifs is 1. The average Bonchev–Trinajstić information content (AvgIpc) is 3.01. The maximum atomic E-state index is 12.7. The van der Waals surface area contributed by atoms with Crippen LogP contribution in [0.3, 0.4) is 0 Å². The second kappa shape index (κ2) is 7.26. The van der Waals surface area contributed by atoms with Gasteiger partial charge in [0, 0.05) is 22.9 Å². The molecule has 1 aromatic heterocycles. The van der Waals surface area contributed by atoms with E-state index in [2.05, 4.69) is 16.2 Å². The van der Waals surface area contributed by atoms with Crippen LogP contribution >= 0.6 is 11.5 Å². The first kappa shape index (κ1) is 17.5. The molecule has 25 heavy (non-hydrogen) atoms. The van der Waals surface area contributed by atoms with E-state index in [-0.39, 0.29) is 0 Å². The molecule has 2 nitrogen and oxygen atoms in total. The molecular weight excluding hydrogens is 345 g/mol. The third-order valence-corrected chi connectivity index (χ3v) is 4.50. The van der Waals surface area contributed by atoms with Crippen LogP contribution in [0.1, 0.15) is 24.0 Å². The van der Waals surface area contributed by atoms with Gasteiger partial charge in [0.2, 0.25) is 0 Å². The SMILES string of the molecule is NCCCC#Cc1ccc2c(-c3ccc(C(F)(F)F)cc3)nsc2c1. The van der Waals surface area contributed by atoms with Gasteiger partial charge in [0.05, 0.1) is 16.0 Å². The van der Waals surface area contributed by atoms with Gasteiger partial charge in [-0.1, -0.05) is 30.0 Å². The number of benzene rings is 2. The fourth-order valence-corrected chi connectivity index (χ4v) is 3.23. The van der Waals surface area contributed by atoms with E-state index >= 15 is 0 Å². The van der Waals surface area contributed by atoms with Crippen molar-refractivity contribution in [3.05, 3.63) is 53.6 Å². The second-order valence-corrected chi connectivity index (χ2v) is 6.32. The molecule has 0 spiro atoms. The molecule has 0 atom stereocenters. The summed E-state index contributed by atoms with van der Waals surface area (Å²) in [6.45, 7) is 0.624. The first-order valence-electron chi connectivity index (χ1n) is 7.75. The van der Waals surface area contributed by atoms with Crippen molar-refractivity contribution in [1.82, 2.24) is 4.37 Å². The summed E-state index contributed by atoms with van der Waals surface area (Å²) in [6, 6.07) is 10.8. The van der Waals surface area contributed by atoms with Gasteiger partial charge in [0.1, 0.15) is 0 Å². The molecule has 128 valence electrons. The number of hydrogen-bond donors (Lipinski definition) is 1. The van der Waals surface area contributed by atoms with Gasteiger partial charge in [-0.2, -0.15) is 17.5 Å². The van der Waals surface area contributed by atoms with Crippen LogP contribution in [0, 0.1) is 11.8 Å². The fraction of sp³-hybridized carbons (Fsp3) is 0.211. The van der Waals surface area contributed by atoms with E-state index in [4.69, 9.17) is 5.73 Å². The molecular formula is C19H15F3N2S. The van der Waals surface area contributed by atoms with E-state index in [0.29, 0.717) is 17.8 Å². The van der Waals surface area contributed by atoms with Crippen LogP contribution in [0.5, 0.6) is 0 Å². The highest BCUT2D eigenvalue weighted by molar-refractivity contribution is 7.13. The van der Waals surface area contributed by atoms with Gasteiger partial charge in [0.15, 0.2) is 0 Å². The van der Waals surface area contributed by atoms with Crippen LogP contribution < -0.4 is 5.73 Å². The molecule has 0 aliphatic rings. The topological polar surface area (TPSA) is 38.9 Å². The predicted molar refractivity (Wildman–Crippen MR) is 95.2 cm³/mol. The van der Waals surface area contributed by atoms with Gasteiger partial charge >= 0.3 is 6.18 Å². The summed E-state index contributed by atoms with van der Waals surface area (Å²) in [4.78, 5) is 0. The normalized spacial score (nSPS) is 11.4. The molecule has 1 heterocycles. The fourth-order valence-electron chi connectivity index (χ4n) is 2.40. The van der Waals surface area contributed by atoms with E-state index < -0.39 is 11.7 Å². The highest BCUT2D eigenvalue weighted by Crippen LogP contribution is 2.34. The van der Waals surface area contributed by atoms with Crippen molar-refractivity contribution in [3.63, 3.8) is 0 Å². The molecule has 3 aromatic rings. The predicted octanol–water partition coefficient (Wildman–Crippen LogP) is 5.07. The average molecular weight is 360 g/mol. The lowest BCUT2D eigenvalue weighted by Crippen LogP contribution is -2.03. The first-order valence-corrected chi connectivity index (χ1v) is 8.52. The Kier molecular flexibility index (Phi) is 5.07. The Balaban J connectivity index is 1.89. The van der Waals surface area contributed by atoms with Crippen molar-refractivity contribution in [1.29, 1.82) is 0 Å². The summed E-state index contributed by atoms with van der Waals surface area (Å²) in [6.07, 6.45) is -2.71. The van der Waals surface area contributed by atoms with Crippen molar-refractivity contribution in [2.24, 2.45) is 5.73 Å². The summed E-state index contributed by atoms with van der Waals surface area (Å²) in [5.41, 5.74) is 7.03. The minimum absolute atomic E-state index is 0.624. The first-order chi connectivity index (χ1) is 12.0. The lowest BCUT2D eigenvalue weighted by Gasteiger charge is -2.06. The van der Waals surface area contributed by atoms with Crippen LogP contribution in [0.25, 0.3) is 21.3 Å². The largest absolute Gasteiger partial charge is 0.416 e. The van der Waals surface area contributed by atoms with Crippen molar-refractivity contribution < 1.29 is 13.2 Å². The number of hydrogen-bond acceptors (Lipinski definition) is 3. The molecule has 0 radical (unpaired) electrons. The Bertz CT molecular complexity index is 931. The number of rotatable bonds is 3. The maximum absolute atomic E-state index is 12.7. The summed E-state index contributed by atoms with van der Waals surface area (Å²) < 4.78 is 43.4. The number of halogens is 3. The lowest BCUT2D eigenvalue weighted by atomic mass is 10.0. The Morgan fingerprint density at radius 1 is 1.08 bits per heavy atom. The van der Waals surface area contributed by atoms with Crippen molar-refractivity contribution >= 4 is 21.6 Å². The molecule has 0 amide bonds. The zero-order valence-corrected chi connectivity index (χ0v) is 14.0. The van der Waals surface area contributed by atoms with Gasteiger partial charge in [-0.25, -0.2) is 0 Å². The Hall–Kier alpha value is -2.36. The van der Waals surface area contributed by atoms with E-state index in [1.54, 1.807) is 0 Å². The zero-order chi connectivity index (χ0) is 17.9. The van der Waals surface area contributed by atoms with E-state index in [1.165, 1.54) is 23.7 Å². The quantitative estimate of drug-likeness (QED) is 0.523. The van der Waals surface area contributed by atoms with Gasteiger partial charge < -0.3 is 5.73 Å². The van der Waals surface area contributed by atoms with Crippen LogP contribution in [0.15, 0.2) is 42.5 Å². The van der Waals surface area contributed by atoms with Gasteiger partial charge in [0.25, 0.3) is 0 Å². The number of nitrogens with two attached hydrogens (primary N) is 1. The highest BCUT2D eigenvalue weighted by Gasteiger charge is 2.30. The molecule has 0 aliphatic heterocycles. The summed E-state index contributed by atoms with van der Waals surface area (Å²) in [7, 11) is 0. The van der Waals surface area contributed by atoms with Crippen molar-refractivity contribution in [2.75, 3.05) is 6.54 Å². The molecule has 2 N–H and O–H groups in total. The molecule has 0 fully saturated rings. The molecule has 3 rings (SSSR count). The monoisotopic (exact) mass is 360 g/mol. The lowest BCUT2D eigenvalue weighted by molar-refractivity contribution is -0.137. The molecule has 6 heteroatoms. The summed E-state index contributed by atoms with van der Waals surface area (Å²) in [5.74, 6) is 6.17. The molecule has 0 saturated carbocycles. The molecule has 0 bridgehead atoms. The van der Waals surface area contributed by atoms with Gasteiger partial charge in [-0.3, -0.25) is 0 Å². The van der Waals surface area contributed by atoms with Crippen LogP contribution in [-0.2, 0) is 6.18 Å². The third-order valence-electron chi connectivity index (χ3n) is 3.70. The molecule has 0 aliphatic carbocycles. The smallest absolute Gasteiger partial charge is 0.330 e. The zero-order valence-electron chi connectivity index (χ0n) is 13.2. The number of nitrogens with zero attached hydrogens (tertiary/aromatic N) is 1. The Morgan fingerprint density at radius 3 is 2.52 bits per heavy atom. The maximum Gasteiger partial charge on any atom is 0.416 e. The number of aromatic nitrogens is 1. The number of unbranched alkanes of at least 4 members (excludes halogenated alkanes) is 1. The second-order valence-electron chi connectivity index (χ2n) is 5.51. The number of alkyl halides is 3. The van der Waals surface area contributed by atoms with Crippen molar-refractivity contribution in [3.8, 4) is 23.1 Å². The van der Waals surface area contributed by atoms with E-state index in [1.807, 2.05) is 18.2 Å². The molecule has 0 saturated heterocycles. The minimum atomic E-state index is -4.33. The van der Waals surface area contributed by atoms with Gasteiger partial charge in [-0.15, -0.1) is 0 Å². The Labute approximate surface area is 147 Å². The highest BCUT2D eigenvalue weighted by atomic mass is 32.1. The van der Waals surface area contributed by atoms with Crippen LogP contribution in [-0.4, -0.2) is 10.9 Å². The van der Waals surface area contributed by atoms with Gasteiger partial charge in [-0.05, 0) is 48.8 Å². The van der Waals surface area contributed by atoms with E-state index in [0.717, 1.165) is 40.6 Å². The van der Waals surface area contributed by atoms with E-state index in [9.17, 15) is 13.2 Å². The molecule has 2 aromatic carbocycles. The van der Waals surface area contributed by atoms with Crippen LogP contribution in [0.4, 0.5) is 13.2 Å². The minimum Gasteiger partial charge on any atom is -0.330 e. The van der Waals surface area contributed by atoms with Crippen LogP contribution in [0.2, 0.25) is 0 Å². The third kappa shape index (κ3) is 4.01.